The van der Waals surface area contributed by atoms with E-state index in [1.165, 1.54) is 38.5 Å². The van der Waals surface area contributed by atoms with Gasteiger partial charge in [-0.25, -0.2) is 0 Å². The predicted octanol–water partition coefficient (Wildman–Crippen LogP) is 4.70. The van der Waals surface area contributed by atoms with Crippen LogP contribution >= 0.6 is 0 Å². The molecule has 0 aliphatic heterocycles. The van der Waals surface area contributed by atoms with Gasteiger partial charge in [-0.1, -0.05) is 57.9 Å². The summed E-state index contributed by atoms with van der Waals surface area (Å²) in [7, 11) is 0. The zero-order valence-corrected chi connectivity index (χ0v) is 16.4. The van der Waals surface area contributed by atoms with E-state index in [-0.39, 0.29) is 24.3 Å². The van der Waals surface area contributed by atoms with Crippen molar-refractivity contribution in [1.82, 2.24) is 5.32 Å². The largest absolute Gasteiger partial charge is 0.394 e. The Morgan fingerprint density at radius 3 is 2.20 bits per heavy atom. The summed E-state index contributed by atoms with van der Waals surface area (Å²) >= 11 is 0. The molecule has 146 valence electrons. The first-order chi connectivity index (χ1) is 12.1. The second-order valence-electron chi connectivity index (χ2n) is 6.99. The highest BCUT2D eigenvalue weighted by atomic mass is 16.3. The molecular weight excluding hydrogens is 314 g/mol. The summed E-state index contributed by atoms with van der Waals surface area (Å²) < 4.78 is 0. The standard InChI is InChI=1S/C21H39NO3/c1-3-4-5-6-7-8-9-12-15-20(24)16-13-10-11-14-17-21(25)22-19(2)18-23/h12,15,19,23H,3-11,13-14,16-18H2,1-2H3,(H,22,25)/b15-12+/t19-/m1/s1. The van der Waals surface area contributed by atoms with E-state index in [2.05, 4.69) is 12.2 Å². The molecule has 4 heteroatoms. The van der Waals surface area contributed by atoms with Gasteiger partial charge in [-0.15, -0.1) is 0 Å². The molecule has 0 saturated carbocycles. The molecule has 0 heterocycles. The van der Waals surface area contributed by atoms with Gasteiger partial charge in [-0.2, -0.15) is 0 Å². The molecule has 1 amide bonds. The van der Waals surface area contributed by atoms with Crippen LogP contribution in [0.3, 0.4) is 0 Å². The van der Waals surface area contributed by atoms with Gasteiger partial charge in [0.25, 0.3) is 0 Å². The number of hydrogen-bond donors (Lipinski definition) is 2. The maximum Gasteiger partial charge on any atom is 0.220 e. The second kappa shape index (κ2) is 17.7. The number of allylic oxidation sites excluding steroid dienone is 2. The van der Waals surface area contributed by atoms with Crippen LogP contribution in [0.25, 0.3) is 0 Å². The Kier molecular flexibility index (Phi) is 16.8. The Hall–Kier alpha value is -1.16. The first-order valence-electron chi connectivity index (χ1n) is 10.2. The van der Waals surface area contributed by atoms with Crippen LogP contribution in [0.1, 0.15) is 97.3 Å². The number of amides is 1. The van der Waals surface area contributed by atoms with Crippen LogP contribution in [-0.2, 0) is 9.59 Å². The monoisotopic (exact) mass is 353 g/mol. The van der Waals surface area contributed by atoms with Crippen LogP contribution in [0.5, 0.6) is 0 Å². The number of hydrogen-bond acceptors (Lipinski definition) is 3. The molecule has 0 aliphatic rings. The van der Waals surface area contributed by atoms with Gasteiger partial charge < -0.3 is 10.4 Å². The highest BCUT2D eigenvalue weighted by molar-refractivity contribution is 5.89. The van der Waals surface area contributed by atoms with Crippen molar-refractivity contribution in [2.45, 2.75) is 103 Å². The van der Waals surface area contributed by atoms with Gasteiger partial charge in [0, 0.05) is 18.9 Å². The van der Waals surface area contributed by atoms with E-state index in [1.807, 2.05) is 6.08 Å². The smallest absolute Gasteiger partial charge is 0.220 e. The molecule has 0 aromatic carbocycles. The van der Waals surface area contributed by atoms with Gasteiger partial charge in [0.1, 0.15) is 0 Å². The molecule has 0 aromatic rings. The summed E-state index contributed by atoms with van der Waals surface area (Å²) in [6.07, 6.45) is 17.3. The highest BCUT2D eigenvalue weighted by Gasteiger charge is 2.05. The number of ketones is 1. The lowest BCUT2D eigenvalue weighted by Gasteiger charge is -2.10. The zero-order valence-electron chi connectivity index (χ0n) is 16.4. The van der Waals surface area contributed by atoms with Crippen LogP contribution in [0.2, 0.25) is 0 Å². The first-order valence-corrected chi connectivity index (χ1v) is 10.2. The zero-order chi connectivity index (χ0) is 18.8. The van der Waals surface area contributed by atoms with Gasteiger partial charge in [0.2, 0.25) is 5.91 Å². The van der Waals surface area contributed by atoms with Crippen LogP contribution in [0.4, 0.5) is 0 Å². The molecule has 0 fully saturated rings. The van der Waals surface area contributed by atoms with E-state index in [4.69, 9.17) is 5.11 Å². The van der Waals surface area contributed by atoms with Crippen LogP contribution < -0.4 is 5.32 Å². The molecule has 0 rings (SSSR count). The topological polar surface area (TPSA) is 66.4 Å². The molecule has 0 saturated heterocycles. The molecule has 25 heavy (non-hydrogen) atoms. The van der Waals surface area contributed by atoms with Crippen molar-refractivity contribution in [2.24, 2.45) is 0 Å². The Morgan fingerprint density at radius 2 is 1.52 bits per heavy atom. The van der Waals surface area contributed by atoms with E-state index in [0.717, 1.165) is 32.1 Å². The molecular formula is C21H39NO3. The van der Waals surface area contributed by atoms with Gasteiger partial charge in [0.15, 0.2) is 5.78 Å². The number of rotatable bonds is 17. The number of aliphatic hydroxyl groups excluding tert-OH is 1. The molecule has 4 nitrogen and oxygen atoms in total. The average molecular weight is 354 g/mol. The predicted molar refractivity (Wildman–Crippen MR) is 105 cm³/mol. The summed E-state index contributed by atoms with van der Waals surface area (Å²) in [6.45, 7) is 3.98. The molecule has 0 bridgehead atoms. The second-order valence-corrected chi connectivity index (χ2v) is 6.99. The normalized spacial score (nSPS) is 12.4. The molecule has 0 aromatic heterocycles. The van der Waals surface area contributed by atoms with E-state index in [1.54, 1.807) is 13.0 Å². The van der Waals surface area contributed by atoms with Gasteiger partial charge in [0.05, 0.1) is 6.61 Å². The molecule has 0 radical (unpaired) electrons. The van der Waals surface area contributed by atoms with Gasteiger partial charge >= 0.3 is 0 Å². The minimum atomic E-state index is -0.173. The average Bonchev–Trinajstić information content (AvgIpc) is 2.60. The summed E-state index contributed by atoms with van der Waals surface area (Å²) in [6, 6.07) is -0.173. The van der Waals surface area contributed by atoms with Gasteiger partial charge in [-0.3, -0.25) is 9.59 Å². The third-order valence-electron chi connectivity index (χ3n) is 4.29. The van der Waals surface area contributed by atoms with Gasteiger partial charge in [-0.05, 0) is 38.7 Å². The van der Waals surface area contributed by atoms with Crippen molar-refractivity contribution < 1.29 is 14.7 Å². The molecule has 0 spiro atoms. The third-order valence-corrected chi connectivity index (χ3v) is 4.29. The van der Waals surface area contributed by atoms with Crippen molar-refractivity contribution in [1.29, 1.82) is 0 Å². The number of carbonyl (C=O) groups excluding carboxylic acids is 2. The van der Waals surface area contributed by atoms with Crippen molar-refractivity contribution in [3.8, 4) is 0 Å². The van der Waals surface area contributed by atoms with Crippen molar-refractivity contribution in [3.63, 3.8) is 0 Å². The van der Waals surface area contributed by atoms with Crippen LogP contribution in [0.15, 0.2) is 12.2 Å². The molecule has 0 unspecified atom stereocenters. The lowest BCUT2D eigenvalue weighted by Crippen LogP contribution is -2.34. The molecule has 1 atom stereocenters. The Labute approximate surface area is 154 Å². The van der Waals surface area contributed by atoms with E-state index in [0.29, 0.717) is 12.8 Å². The molecule has 2 N–H and O–H groups in total. The van der Waals surface area contributed by atoms with Crippen molar-refractivity contribution >= 4 is 11.7 Å². The summed E-state index contributed by atoms with van der Waals surface area (Å²) in [5.74, 6) is 0.218. The van der Waals surface area contributed by atoms with Crippen molar-refractivity contribution in [2.75, 3.05) is 6.61 Å². The fourth-order valence-corrected chi connectivity index (χ4v) is 2.67. The van der Waals surface area contributed by atoms with Crippen LogP contribution in [0, 0.1) is 0 Å². The number of nitrogens with one attached hydrogen (secondary N) is 1. The number of unbranched alkanes of at least 4 members (excludes halogenated alkanes) is 9. The fourth-order valence-electron chi connectivity index (χ4n) is 2.67. The minimum Gasteiger partial charge on any atom is -0.394 e. The van der Waals surface area contributed by atoms with E-state index in [9.17, 15) is 9.59 Å². The van der Waals surface area contributed by atoms with Crippen molar-refractivity contribution in [3.05, 3.63) is 12.2 Å². The summed E-state index contributed by atoms with van der Waals surface area (Å²) in [5.41, 5.74) is 0. The van der Waals surface area contributed by atoms with E-state index >= 15 is 0 Å². The van der Waals surface area contributed by atoms with Crippen LogP contribution in [-0.4, -0.2) is 29.4 Å². The number of carbonyl (C=O) groups is 2. The highest BCUT2D eigenvalue weighted by Crippen LogP contribution is 2.09. The molecule has 0 aliphatic carbocycles. The summed E-state index contributed by atoms with van der Waals surface area (Å²) in [4.78, 5) is 23.3. The first kappa shape index (κ1) is 23.8. The maximum atomic E-state index is 11.7. The minimum absolute atomic E-state index is 0.00439. The Morgan fingerprint density at radius 1 is 0.920 bits per heavy atom. The lowest BCUT2D eigenvalue weighted by molar-refractivity contribution is -0.122. The summed E-state index contributed by atoms with van der Waals surface area (Å²) in [5, 5.41) is 11.6. The third kappa shape index (κ3) is 17.5. The SMILES string of the molecule is CCCCCCCC/C=C/C(=O)CCCCCCC(=O)N[C@H](C)CO. The lowest BCUT2D eigenvalue weighted by atomic mass is 10.1. The Bertz CT molecular complexity index is 366. The quantitative estimate of drug-likeness (QED) is 0.294. The van der Waals surface area contributed by atoms with E-state index < -0.39 is 0 Å². The Balaban J connectivity index is 3.43. The maximum absolute atomic E-state index is 11.7. The fraction of sp³-hybridized carbons (Fsp3) is 0.810. The number of aliphatic hydroxyl groups is 1.